The maximum atomic E-state index is 13.0. The smallest absolute Gasteiger partial charge is 0.187 e. The summed E-state index contributed by atoms with van der Waals surface area (Å²) in [6, 6.07) is 12.1. The molecule has 0 radical (unpaired) electrons. The Morgan fingerprint density at radius 1 is 0.880 bits per heavy atom. The topological polar surface area (TPSA) is 23.6 Å². The normalized spacial score (nSPS) is 15.4. The van der Waals surface area contributed by atoms with Gasteiger partial charge in [0, 0.05) is 49.2 Å². The highest BCUT2D eigenvalue weighted by molar-refractivity contribution is 6.04. The fourth-order valence-electron chi connectivity index (χ4n) is 2.95. The van der Waals surface area contributed by atoms with Gasteiger partial charge < -0.3 is 9.80 Å². The van der Waals surface area contributed by atoms with Crippen LogP contribution in [-0.4, -0.2) is 36.9 Å². The molecule has 1 fully saturated rings. The molecule has 0 saturated carbocycles. The van der Waals surface area contributed by atoms with E-state index in [9.17, 15) is 13.6 Å². The molecule has 0 spiro atoms. The summed E-state index contributed by atoms with van der Waals surface area (Å²) in [5.41, 5.74) is 2.38. The Kier molecular flexibility index (Phi) is 5.12. The van der Waals surface area contributed by atoms with Crippen molar-refractivity contribution in [2.45, 2.75) is 6.92 Å². The van der Waals surface area contributed by atoms with Crippen LogP contribution in [0.3, 0.4) is 0 Å². The molecule has 0 aromatic heterocycles. The van der Waals surface area contributed by atoms with E-state index in [2.05, 4.69) is 9.80 Å². The average Bonchev–Trinajstić information content (AvgIpc) is 2.63. The predicted molar refractivity (Wildman–Crippen MR) is 94.7 cm³/mol. The lowest BCUT2D eigenvalue weighted by atomic mass is 10.1. The summed E-state index contributed by atoms with van der Waals surface area (Å²) in [6.07, 6.45) is 1.60. The Hall–Kier alpha value is -2.69. The van der Waals surface area contributed by atoms with Crippen molar-refractivity contribution >= 4 is 11.5 Å². The number of allylic oxidation sites excluding steroid dienone is 2. The van der Waals surface area contributed by atoms with E-state index < -0.39 is 0 Å². The van der Waals surface area contributed by atoms with Crippen molar-refractivity contribution in [2.24, 2.45) is 0 Å². The molecule has 0 aliphatic carbocycles. The third-order valence-corrected chi connectivity index (χ3v) is 4.44. The van der Waals surface area contributed by atoms with Gasteiger partial charge in [0.05, 0.1) is 0 Å². The van der Waals surface area contributed by atoms with Crippen molar-refractivity contribution in [3.8, 4) is 0 Å². The van der Waals surface area contributed by atoms with E-state index in [0.717, 1.165) is 37.6 Å². The zero-order valence-electron chi connectivity index (χ0n) is 14.1. The van der Waals surface area contributed by atoms with Crippen LogP contribution in [0.5, 0.6) is 0 Å². The van der Waals surface area contributed by atoms with Crippen LogP contribution in [0.15, 0.2) is 60.3 Å². The number of hydrogen-bond donors (Lipinski definition) is 0. The molecular weight excluding hydrogens is 322 g/mol. The highest BCUT2D eigenvalue weighted by atomic mass is 19.1. The van der Waals surface area contributed by atoms with Crippen molar-refractivity contribution in [3.63, 3.8) is 0 Å². The third kappa shape index (κ3) is 4.24. The van der Waals surface area contributed by atoms with Crippen LogP contribution in [0.2, 0.25) is 0 Å². The minimum Gasteiger partial charge on any atom is -0.371 e. The molecule has 130 valence electrons. The van der Waals surface area contributed by atoms with Gasteiger partial charge in [-0.1, -0.05) is 0 Å². The number of piperazine rings is 1. The molecule has 0 bridgehead atoms. The maximum absolute atomic E-state index is 13.0. The summed E-state index contributed by atoms with van der Waals surface area (Å²) in [5, 5.41) is 0. The molecule has 3 nitrogen and oxygen atoms in total. The molecule has 0 atom stereocenters. The van der Waals surface area contributed by atoms with Gasteiger partial charge in [-0.2, -0.15) is 0 Å². The molecule has 0 amide bonds. The fraction of sp³-hybridized carbons (Fsp3) is 0.250. The second-order valence-corrected chi connectivity index (χ2v) is 6.11. The highest BCUT2D eigenvalue weighted by Gasteiger charge is 2.18. The standard InChI is InChI=1S/C20H20F2N2O/c1-15(14-20(25)16-2-4-17(21)5-3-16)23-10-12-24(13-11-23)19-8-6-18(22)7-9-19/h2-9,14H,10-13H2,1H3. The van der Waals surface area contributed by atoms with Gasteiger partial charge in [0.25, 0.3) is 0 Å². The van der Waals surface area contributed by atoms with Gasteiger partial charge in [-0.3, -0.25) is 4.79 Å². The van der Waals surface area contributed by atoms with Crippen LogP contribution in [0.1, 0.15) is 17.3 Å². The van der Waals surface area contributed by atoms with Crippen LogP contribution >= 0.6 is 0 Å². The van der Waals surface area contributed by atoms with Crippen LogP contribution < -0.4 is 4.90 Å². The van der Waals surface area contributed by atoms with E-state index in [0.29, 0.717) is 5.56 Å². The lowest BCUT2D eigenvalue weighted by Crippen LogP contribution is -2.45. The van der Waals surface area contributed by atoms with Gasteiger partial charge in [0.15, 0.2) is 5.78 Å². The quantitative estimate of drug-likeness (QED) is 0.622. The van der Waals surface area contributed by atoms with Crippen molar-refractivity contribution < 1.29 is 13.6 Å². The zero-order chi connectivity index (χ0) is 17.8. The van der Waals surface area contributed by atoms with Crippen molar-refractivity contribution in [1.82, 2.24) is 4.90 Å². The number of carbonyl (C=O) groups excluding carboxylic acids is 1. The fourth-order valence-corrected chi connectivity index (χ4v) is 2.95. The first-order valence-corrected chi connectivity index (χ1v) is 8.26. The van der Waals surface area contributed by atoms with Gasteiger partial charge in [0.2, 0.25) is 0 Å². The SMILES string of the molecule is CC(=CC(=O)c1ccc(F)cc1)N1CCN(c2ccc(F)cc2)CC1. The Morgan fingerprint density at radius 3 is 1.96 bits per heavy atom. The van der Waals surface area contributed by atoms with Gasteiger partial charge >= 0.3 is 0 Å². The van der Waals surface area contributed by atoms with Crippen LogP contribution in [0.4, 0.5) is 14.5 Å². The zero-order valence-corrected chi connectivity index (χ0v) is 14.1. The first-order valence-electron chi connectivity index (χ1n) is 8.26. The number of anilines is 1. The summed E-state index contributed by atoms with van der Waals surface area (Å²) in [7, 11) is 0. The van der Waals surface area contributed by atoms with Gasteiger partial charge in [-0.05, 0) is 55.5 Å². The number of halogens is 2. The predicted octanol–water partition coefficient (Wildman–Crippen LogP) is 3.87. The molecule has 1 heterocycles. The largest absolute Gasteiger partial charge is 0.371 e. The number of benzene rings is 2. The number of hydrogen-bond acceptors (Lipinski definition) is 3. The van der Waals surface area contributed by atoms with Gasteiger partial charge in [-0.15, -0.1) is 0 Å². The van der Waals surface area contributed by atoms with Crippen molar-refractivity contribution in [2.75, 3.05) is 31.1 Å². The average molecular weight is 342 g/mol. The van der Waals surface area contributed by atoms with Crippen LogP contribution in [0.25, 0.3) is 0 Å². The maximum Gasteiger partial charge on any atom is 0.187 e. The van der Waals surface area contributed by atoms with Crippen LogP contribution in [0, 0.1) is 11.6 Å². The molecule has 1 aliphatic heterocycles. The number of rotatable bonds is 4. The molecule has 1 saturated heterocycles. The summed E-state index contributed by atoms with van der Waals surface area (Å²) < 4.78 is 26.0. The first kappa shape index (κ1) is 17.1. The first-order chi connectivity index (χ1) is 12.0. The van der Waals surface area contributed by atoms with E-state index >= 15 is 0 Å². The molecule has 2 aromatic carbocycles. The molecule has 2 aromatic rings. The summed E-state index contributed by atoms with van der Waals surface area (Å²) >= 11 is 0. The Morgan fingerprint density at radius 2 is 1.40 bits per heavy atom. The van der Waals surface area contributed by atoms with Crippen molar-refractivity contribution in [1.29, 1.82) is 0 Å². The molecule has 1 aliphatic rings. The minimum absolute atomic E-state index is 0.126. The van der Waals surface area contributed by atoms with Gasteiger partial charge in [-0.25, -0.2) is 8.78 Å². The Labute approximate surface area is 146 Å². The lowest BCUT2D eigenvalue weighted by molar-refractivity contribution is 0.104. The molecule has 3 rings (SSSR count). The second kappa shape index (κ2) is 7.47. The van der Waals surface area contributed by atoms with Crippen LogP contribution in [-0.2, 0) is 0 Å². The van der Waals surface area contributed by atoms with Gasteiger partial charge in [0.1, 0.15) is 11.6 Å². The summed E-state index contributed by atoms with van der Waals surface area (Å²) in [5.74, 6) is -0.715. The monoisotopic (exact) mass is 342 g/mol. The van der Waals surface area contributed by atoms with E-state index in [-0.39, 0.29) is 17.4 Å². The molecule has 5 heteroatoms. The number of ketones is 1. The van der Waals surface area contributed by atoms with E-state index in [1.807, 2.05) is 6.92 Å². The number of carbonyl (C=O) groups is 1. The van der Waals surface area contributed by atoms with E-state index in [1.54, 1.807) is 18.2 Å². The van der Waals surface area contributed by atoms with E-state index in [4.69, 9.17) is 0 Å². The number of nitrogens with zero attached hydrogens (tertiary/aromatic N) is 2. The van der Waals surface area contributed by atoms with E-state index in [1.165, 1.54) is 36.4 Å². The second-order valence-electron chi connectivity index (χ2n) is 6.11. The Bertz CT molecular complexity index is 761. The lowest BCUT2D eigenvalue weighted by Gasteiger charge is -2.37. The molecular formula is C20H20F2N2O. The third-order valence-electron chi connectivity index (χ3n) is 4.44. The molecule has 0 N–H and O–H groups in total. The molecule has 25 heavy (non-hydrogen) atoms. The molecule has 0 unspecified atom stereocenters. The highest BCUT2D eigenvalue weighted by Crippen LogP contribution is 2.19. The Balaban J connectivity index is 1.60. The minimum atomic E-state index is -0.353. The summed E-state index contributed by atoms with van der Waals surface area (Å²) in [6.45, 7) is 5.10. The van der Waals surface area contributed by atoms with Crippen molar-refractivity contribution in [3.05, 3.63) is 77.5 Å². The summed E-state index contributed by atoms with van der Waals surface area (Å²) in [4.78, 5) is 16.6.